The van der Waals surface area contributed by atoms with Gasteiger partial charge in [0.25, 0.3) is 0 Å². The van der Waals surface area contributed by atoms with E-state index in [-0.39, 0.29) is 9.93 Å². The van der Waals surface area contributed by atoms with Crippen molar-refractivity contribution in [1.82, 2.24) is 0 Å². The van der Waals surface area contributed by atoms with Crippen LogP contribution in [0, 0.1) is 6.92 Å². The molecule has 1 atom stereocenters. The maximum absolute atomic E-state index is 13.8. The summed E-state index contributed by atoms with van der Waals surface area (Å²) in [5.74, 6) is 0. The summed E-state index contributed by atoms with van der Waals surface area (Å²) < 4.78 is 48.5. The molecular formula is C21H29NO4S2Si. The van der Waals surface area contributed by atoms with Crippen molar-refractivity contribution in [2.45, 2.75) is 55.6 Å². The fraction of sp³-hybridized carbons (Fsp3) is 0.333. The fourth-order valence-electron chi connectivity index (χ4n) is 2.18. The molecule has 0 saturated carbocycles. The van der Waals surface area contributed by atoms with Crippen LogP contribution in [0.4, 0.5) is 0 Å². The highest BCUT2D eigenvalue weighted by Gasteiger charge is 2.37. The summed E-state index contributed by atoms with van der Waals surface area (Å²) in [6, 6.07) is 15.2. The van der Waals surface area contributed by atoms with Gasteiger partial charge in [-0.15, -0.1) is 0 Å². The molecule has 8 heteroatoms. The van der Waals surface area contributed by atoms with Crippen LogP contribution < -0.4 is 0 Å². The van der Waals surface area contributed by atoms with Crippen LogP contribution in [-0.4, -0.2) is 20.9 Å². The van der Waals surface area contributed by atoms with E-state index in [1.54, 1.807) is 36.4 Å². The molecule has 2 aromatic rings. The van der Waals surface area contributed by atoms with Crippen LogP contribution in [0.5, 0.6) is 0 Å². The second kappa shape index (κ2) is 8.45. The first-order valence-electron chi connectivity index (χ1n) is 9.27. The number of nitrogens with zero attached hydrogens (tertiary/aromatic N) is 1. The Labute approximate surface area is 176 Å². The summed E-state index contributed by atoms with van der Waals surface area (Å²) in [5, 5.41) is 1.15. The van der Waals surface area contributed by atoms with E-state index in [0.717, 1.165) is 11.8 Å². The van der Waals surface area contributed by atoms with Gasteiger partial charge in [-0.1, -0.05) is 56.7 Å². The predicted molar refractivity (Wildman–Crippen MR) is 121 cm³/mol. The predicted octanol–water partition coefficient (Wildman–Crippen LogP) is 5.70. The topological polar surface area (TPSA) is 72.8 Å². The van der Waals surface area contributed by atoms with E-state index in [1.165, 1.54) is 17.5 Å². The first kappa shape index (κ1) is 23.4. The minimum absolute atomic E-state index is 0.0419. The Morgan fingerprint density at radius 2 is 1.45 bits per heavy atom. The summed E-state index contributed by atoms with van der Waals surface area (Å²) in [6.07, 6.45) is 0.987. The molecule has 0 aliphatic rings. The quantitative estimate of drug-likeness (QED) is 0.321. The van der Waals surface area contributed by atoms with Crippen LogP contribution in [0.3, 0.4) is 0 Å². The van der Waals surface area contributed by atoms with E-state index in [0.29, 0.717) is 4.90 Å². The average Bonchev–Trinajstić information content (AvgIpc) is 2.61. The van der Waals surface area contributed by atoms with E-state index in [4.69, 9.17) is 8.21 Å². The van der Waals surface area contributed by atoms with Gasteiger partial charge in [0.2, 0.25) is 0 Å². The highest BCUT2D eigenvalue weighted by atomic mass is 32.2. The maximum atomic E-state index is 13.8. The number of benzene rings is 2. The number of rotatable bonds is 6. The van der Waals surface area contributed by atoms with Crippen molar-refractivity contribution in [2.24, 2.45) is 4.03 Å². The third-order valence-corrected chi connectivity index (χ3v) is 14.2. The van der Waals surface area contributed by atoms with Gasteiger partial charge in [-0.2, -0.15) is 8.42 Å². The third-order valence-electron chi connectivity index (χ3n) is 5.01. The van der Waals surface area contributed by atoms with Crippen LogP contribution in [0.1, 0.15) is 26.3 Å². The van der Waals surface area contributed by atoms with Gasteiger partial charge in [0.1, 0.15) is 11.2 Å². The number of hydrogen-bond acceptors (Lipinski definition) is 5. The molecule has 0 fully saturated rings. The van der Waals surface area contributed by atoms with Gasteiger partial charge in [0.15, 0.2) is 8.24 Å². The highest BCUT2D eigenvalue weighted by Crippen LogP contribution is 2.38. The molecule has 5 nitrogen and oxygen atoms in total. The second-order valence-corrected chi connectivity index (χ2v) is 17.2. The van der Waals surface area contributed by atoms with Gasteiger partial charge in [-0.3, -0.25) is 4.03 Å². The Hall–Kier alpha value is -1.90. The Balaban J connectivity index is 2.46. The Morgan fingerprint density at radius 1 is 0.897 bits per heavy atom. The van der Waals surface area contributed by atoms with Gasteiger partial charge in [0, 0.05) is 0 Å². The lowest BCUT2D eigenvalue weighted by atomic mass is 10.2. The molecule has 0 unspecified atom stereocenters. The standard InChI is InChI=1S/C21H29NO4S2Si/c1-18-12-14-20(15-13-18)28(24,25)26-16-17-27(23,19-10-8-7-9-11-19)22-29(5,6)21(2,3)4/h7-17H,1-6H3/b17-16+/t27-/m0/s1. The minimum atomic E-state index is -4.00. The van der Waals surface area contributed by atoms with E-state index in [1.807, 2.05) is 26.1 Å². The molecule has 0 bridgehead atoms. The summed E-state index contributed by atoms with van der Waals surface area (Å²) in [6.45, 7) is 12.2. The number of aryl methyl sites for hydroxylation is 1. The molecular weight excluding hydrogens is 422 g/mol. The average molecular weight is 452 g/mol. The van der Waals surface area contributed by atoms with Crippen molar-refractivity contribution in [3.63, 3.8) is 0 Å². The lowest BCUT2D eigenvalue weighted by Crippen LogP contribution is -2.36. The van der Waals surface area contributed by atoms with Crippen molar-refractivity contribution < 1.29 is 16.8 Å². The van der Waals surface area contributed by atoms with Crippen molar-refractivity contribution in [1.29, 1.82) is 0 Å². The van der Waals surface area contributed by atoms with Gasteiger partial charge in [-0.25, -0.2) is 4.21 Å². The minimum Gasteiger partial charge on any atom is -0.386 e. The molecule has 2 aromatic carbocycles. The van der Waals surface area contributed by atoms with Crippen LogP contribution in [0.25, 0.3) is 0 Å². The van der Waals surface area contributed by atoms with Gasteiger partial charge < -0.3 is 4.18 Å². The molecule has 2 rings (SSSR count). The van der Waals surface area contributed by atoms with Crippen LogP contribution in [-0.2, 0) is 24.0 Å². The molecule has 0 aliphatic carbocycles. The smallest absolute Gasteiger partial charge is 0.338 e. The van der Waals surface area contributed by atoms with Crippen molar-refractivity contribution in [3.8, 4) is 0 Å². The van der Waals surface area contributed by atoms with E-state index < -0.39 is 28.1 Å². The van der Waals surface area contributed by atoms with Crippen LogP contribution >= 0.6 is 0 Å². The van der Waals surface area contributed by atoms with Crippen molar-refractivity contribution >= 4 is 28.1 Å². The molecule has 0 amide bonds. The number of hydrogen-bond donors (Lipinski definition) is 0. The lowest BCUT2D eigenvalue weighted by Gasteiger charge is -2.33. The molecule has 158 valence electrons. The lowest BCUT2D eigenvalue weighted by molar-refractivity contribution is 0.444. The summed E-state index contributed by atoms with van der Waals surface area (Å²) in [7, 11) is -9.30. The molecule has 0 aromatic heterocycles. The summed E-state index contributed by atoms with van der Waals surface area (Å²) in [5.41, 5.74) is 0.944. The fourth-order valence-corrected chi connectivity index (χ4v) is 8.42. The Kier molecular flexibility index (Phi) is 6.81. The Morgan fingerprint density at radius 3 is 1.97 bits per heavy atom. The zero-order chi connectivity index (χ0) is 21.9. The van der Waals surface area contributed by atoms with E-state index in [2.05, 4.69) is 20.8 Å². The molecule has 0 N–H and O–H groups in total. The largest absolute Gasteiger partial charge is 0.386 e. The summed E-state index contributed by atoms with van der Waals surface area (Å²) in [4.78, 5) is 0.567. The molecule has 0 aliphatic heterocycles. The zero-order valence-corrected chi connectivity index (χ0v) is 20.4. The van der Waals surface area contributed by atoms with Crippen molar-refractivity contribution in [3.05, 3.63) is 71.8 Å². The molecule has 29 heavy (non-hydrogen) atoms. The van der Waals surface area contributed by atoms with E-state index >= 15 is 0 Å². The molecule has 0 spiro atoms. The van der Waals surface area contributed by atoms with Crippen molar-refractivity contribution in [2.75, 3.05) is 0 Å². The normalized spacial score (nSPS) is 15.1. The monoisotopic (exact) mass is 451 g/mol. The maximum Gasteiger partial charge on any atom is 0.338 e. The molecule has 0 saturated heterocycles. The van der Waals surface area contributed by atoms with Crippen LogP contribution in [0.2, 0.25) is 18.1 Å². The Bertz CT molecular complexity index is 1090. The first-order valence-corrected chi connectivity index (χ1v) is 15.2. The first-order chi connectivity index (χ1) is 13.3. The molecule has 0 heterocycles. The SMILES string of the molecule is Cc1ccc(S(=O)(=O)O/C=C/[S@@](=O)(=N[Si](C)(C)C(C)(C)C)c2ccccc2)cc1. The highest BCUT2D eigenvalue weighted by molar-refractivity contribution is 7.97. The van der Waals surface area contributed by atoms with Crippen LogP contribution in [0.15, 0.2) is 80.1 Å². The van der Waals surface area contributed by atoms with Gasteiger partial charge >= 0.3 is 10.1 Å². The third kappa shape index (κ3) is 5.80. The molecule has 0 radical (unpaired) electrons. The second-order valence-electron chi connectivity index (χ2n) is 8.42. The van der Waals surface area contributed by atoms with Gasteiger partial charge in [-0.05, 0) is 49.3 Å². The van der Waals surface area contributed by atoms with E-state index in [9.17, 15) is 12.6 Å². The zero-order valence-electron chi connectivity index (χ0n) is 17.7. The van der Waals surface area contributed by atoms with Gasteiger partial charge in [0.05, 0.1) is 20.0 Å². The summed E-state index contributed by atoms with van der Waals surface area (Å²) >= 11 is 0.